The topological polar surface area (TPSA) is 309 Å². The molecule has 19 atom stereocenters. The standard InChI is InChI=1S/C26H44O18/c1-7-10(3-8-2-9(4-27)14(31)16(33)13(8)30)15(32)20(37)25(40-7)43-23-12(6-29)42-26(21(38)18(23)35)44-22-11(5-28)41-24(39)19(36)17(22)34/h2,7-8,10-39H,3-6H2,1H3/t7?,8-,10+,11?,12?,13+,14-,15+,16-,17-,18-,19?,20?,21?,22+,23+,24-,25+,26+/m1/s1. The van der Waals surface area contributed by atoms with E-state index in [0.717, 1.165) is 0 Å². The van der Waals surface area contributed by atoms with E-state index in [1.54, 1.807) is 0 Å². The largest absolute Gasteiger partial charge is 0.394 e. The van der Waals surface area contributed by atoms with Gasteiger partial charge in [-0.15, -0.1) is 0 Å². The van der Waals surface area contributed by atoms with Crippen LogP contribution in [0, 0.1) is 11.8 Å². The normalized spacial score (nSPS) is 52.0. The van der Waals surface area contributed by atoms with Gasteiger partial charge in [-0.3, -0.25) is 0 Å². The van der Waals surface area contributed by atoms with Gasteiger partial charge in [-0.25, -0.2) is 0 Å². The highest BCUT2D eigenvalue weighted by Crippen LogP contribution is 2.38. The molecule has 18 nitrogen and oxygen atoms in total. The minimum atomic E-state index is -1.92. The van der Waals surface area contributed by atoms with Crippen molar-refractivity contribution in [1.82, 2.24) is 0 Å². The molecule has 0 amide bonds. The maximum Gasteiger partial charge on any atom is 0.187 e. The molecule has 0 saturated carbocycles. The second-order valence-electron chi connectivity index (χ2n) is 11.7. The lowest BCUT2D eigenvalue weighted by molar-refractivity contribution is -0.375. The molecule has 3 saturated heterocycles. The van der Waals surface area contributed by atoms with Crippen molar-refractivity contribution in [2.24, 2.45) is 11.8 Å². The highest BCUT2D eigenvalue weighted by molar-refractivity contribution is 5.19. The van der Waals surface area contributed by atoms with Gasteiger partial charge < -0.3 is 90.1 Å². The first-order valence-electron chi connectivity index (χ1n) is 14.4. The molecule has 4 aliphatic rings. The summed E-state index contributed by atoms with van der Waals surface area (Å²) in [5.74, 6) is -1.67. The first kappa shape index (κ1) is 35.9. The van der Waals surface area contributed by atoms with E-state index in [-0.39, 0.29) is 12.0 Å². The second kappa shape index (κ2) is 14.8. The zero-order valence-corrected chi connectivity index (χ0v) is 23.7. The molecule has 0 aromatic rings. The summed E-state index contributed by atoms with van der Waals surface area (Å²) in [4.78, 5) is 0. The average Bonchev–Trinajstić information content (AvgIpc) is 3.00. The smallest absolute Gasteiger partial charge is 0.187 e. The molecule has 3 aliphatic heterocycles. The Morgan fingerprint density at radius 3 is 1.70 bits per heavy atom. The molecule has 1 aliphatic carbocycles. The number of ether oxygens (including phenoxy) is 5. The number of aliphatic hydroxyl groups excluding tert-OH is 13. The van der Waals surface area contributed by atoms with Crippen molar-refractivity contribution in [2.75, 3.05) is 19.8 Å². The third kappa shape index (κ3) is 6.98. The van der Waals surface area contributed by atoms with Crippen LogP contribution in [0.15, 0.2) is 11.6 Å². The van der Waals surface area contributed by atoms with E-state index in [2.05, 4.69) is 0 Å². The average molecular weight is 645 g/mol. The molecule has 0 spiro atoms. The van der Waals surface area contributed by atoms with E-state index >= 15 is 0 Å². The molecule has 3 heterocycles. The molecular weight excluding hydrogens is 600 g/mol. The van der Waals surface area contributed by atoms with Crippen molar-refractivity contribution in [3.63, 3.8) is 0 Å². The molecule has 3 fully saturated rings. The van der Waals surface area contributed by atoms with Crippen molar-refractivity contribution >= 4 is 0 Å². The first-order valence-corrected chi connectivity index (χ1v) is 14.4. The first-order chi connectivity index (χ1) is 20.7. The Morgan fingerprint density at radius 2 is 1.14 bits per heavy atom. The molecule has 0 aromatic heterocycles. The van der Waals surface area contributed by atoms with Crippen molar-refractivity contribution in [3.05, 3.63) is 11.6 Å². The van der Waals surface area contributed by atoms with Crippen LogP contribution in [0.4, 0.5) is 0 Å². The summed E-state index contributed by atoms with van der Waals surface area (Å²) >= 11 is 0. The van der Waals surface area contributed by atoms with Gasteiger partial charge in [0.2, 0.25) is 0 Å². The number of hydrogen-bond acceptors (Lipinski definition) is 18. The second-order valence-corrected chi connectivity index (χ2v) is 11.7. The quantitative estimate of drug-likeness (QED) is 0.104. The Labute approximate surface area is 251 Å². The van der Waals surface area contributed by atoms with Crippen molar-refractivity contribution < 1.29 is 90.1 Å². The predicted octanol–water partition coefficient (Wildman–Crippen LogP) is -7.27. The summed E-state index contributed by atoms with van der Waals surface area (Å²) in [6.45, 7) is -0.633. The van der Waals surface area contributed by atoms with Crippen LogP contribution in [0.1, 0.15) is 13.3 Å². The molecule has 0 aromatic carbocycles. The van der Waals surface area contributed by atoms with Gasteiger partial charge in [-0.1, -0.05) is 6.08 Å². The fourth-order valence-corrected chi connectivity index (χ4v) is 6.21. The lowest BCUT2D eigenvalue weighted by atomic mass is 9.75. The summed E-state index contributed by atoms with van der Waals surface area (Å²) in [5.41, 5.74) is 0.0850. The van der Waals surface area contributed by atoms with Gasteiger partial charge in [0.1, 0.15) is 67.1 Å². The van der Waals surface area contributed by atoms with E-state index in [1.807, 2.05) is 0 Å². The van der Waals surface area contributed by atoms with Crippen LogP contribution in [0.3, 0.4) is 0 Å². The van der Waals surface area contributed by atoms with Crippen LogP contribution in [0.2, 0.25) is 0 Å². The fraction of sp³-hybridized carbons (Fsp3) is 0.923. The van der Waals surface area contributed by atoms with Crippen LogP contribution in [0.25, 0.3) is 0 Å². The highest BCUT2D eigenvalue weighted by atomic mass is 16.7. The number of rotatable bonds is 9. The summed E-state index contributed by atoms with van der Waals surface area (Å²) in [7, 11) is 0. The molecule has 0 bridgehead atoms. The third-order valence-corrected chi connectivity index (χ3v) is 8.91. The van der Waals surface area contributed by atoms with E-state index < -0.39 is 136 Å². The van der Waals surface area contributed by atoms with Crippen LogP contribution in [-0.4, -0.2) is 191 Å². The number of aliphatic hydroxyl groups is 13. The Bertz CT molecular complexity index is 952. The third-order valence-electron chi connectivity index (χ3n) is 8.91. The summed E-state index contributed by atoms with van der Waals surface area (Å²) in [6.07, 6.45) is -25.9. The van der Waals surface area contributed by atoms with Crippen LogP contribution in [0.5, 0.6) is 0 Å². The fourth-order valence-electron chi connectivity index (χ4n) is 6.21. The van der Waals surface area contributed by atoms with Gasteiger partial charge >= 0.3 is 0 Å². The SMILES string of the molecule is CC1O[C@@H](O[C@H]2C(CO)O[C@@H](O[C@H]3C(CO)O[C@@H](O)C(O)[C@H]3O)C(O)[C@H]2O)C(O)[C@@H](O)[C@H]1C[C@H]1C=C(CO)[C@@H](O)[C@H](O)[C@H]1O. The number of hydrogen-bond donors (Lipinski definition) is 13. The van der Waals surface area contributed by atoms with Gasteiger partial charge in [0, 0.05) is 11.8 Å². The predicted molar refractivity (Wildman–Crippen MR) is 139 cm³/mol. The Morgan fingerprint density at radius 1 is 0.614 bits per heavy atom. The Hall–Kier alpha value is -0.980. The van der Waals surface area contributed by atoms with Gasteiger partial charge in [0.15, 0.2) is 18.9 Å². The maximum atomic E-state index is 11.0. The minimum Gasteiger partial charge on any atom is -0.394 e. The molecule has 6 unspecified atom stereocenters. The summed E-state index contributed by atoms with van der Waals surface area (Å²) in [5, 5.41) is 133. The van der Waals surface area contributed by atoms with E-state index in [9.17, 15) is 66.4 Å². The molecule has 0 radical (unpaired) electrons. The lowest BCUT2D eigenvalue weighted by Gasteiger charge is -2.48. The van der Waals surface area contributed by atoms with Crippen LogP contribution >= 0.6 is 0 Å². The lowest BCUT2D eigenvalue weighted by Crippen LogP contribution is -2.66. The maximum absolute atomic E-state index is 11.0. The van der Waals surface area contributed by atoms with Crippen molar-refractivity contribution in [1.29, 1.82) is 0 Å². The zero-order chi connectivity index (χ0) is 32.6. The van der Waals surface area contributed by atoms with Crippen molar-refractivity contribution in [2.45, 2.75) is 118 Å². The highest BCUT2D eigenvalue weighted by Gasteiger charge is 2.53. The van der Waals surface area contributed by atoms with Gasteiger partial charge in [-0.2, -0.15) is 0 Å². The van der Waals surface area contributed by atoms with E-state index in [0.29, 0.717) is 0 Å². The zero-order valence-electron chi connectivity index (χ0n) is 23.7. The molecule has 18 heteroatoms. The summed E-state index contributed by atoms with van der Waals surface area (Å²) < 4.78 is 27.5. The molecule has 44 heavy (non-hydrogen) atoms. The molecular formula is C26H44O18. The van der Waals surface area contributed by atoms with E-state index in [4.69, 9.17) is 23.7 Å². The molecule has 256 valence electrons. The van der Waals surface area contributed by atoms with Crippen LogP contribution in [-0.2, 0) is 23.7 Å². The minimum absolute atomic E-state index is 0.0377. The van der Waals surface area contributed by atoms with Gasteiger partial charge in [0.25, 0.3) is 0 Å². The van der Waals surface area contributed by atoms with Crippen LogP contribution < -0.4 is 0 Å². The Kier molecular flexibility index (Phi) is 12.1. The Balaban J connectivity index is 1.42. The van der Waals surface area contributed by atoms with Gasteiger partial charge in [-0.05, 0) is 18.9 Å². The molecule has 13 N–H and O–H groups in total. The van der Waals surface area contributed by atoms with E-state index in [1.165, 1.54) is 13.0 Å². The van der Waals surface area contributed by atoms with Crippen molar-refractivity contribution in [3.8, 4) is 0 Å². The monoisotopic (exact) mass is 644 g/mol. The molecule has 4 rings (SSSR count). The van der Waals surface area contributed by atoms with Gasteiger partial charge in [0.05, 0.1) is 38.1 Å². The summed E-state index contributed by atoms with van der Waals surface area (Å²) in [6, 6.07) is 0.